The standard InChI is InChI=1S/C16H19N5O3/c1-23-12-4-2-11(3-5-12)14-18-10-13(16(22)20-17)15(19-14)21-6-8-24-9-7-21/h2-5,10H,6-9,17H2,1H3,(H,20,22). The molecule has 1 aromatic heterocycles. The van der Waals surface area contributed by atoms with Crippen LogP contribution < -0.4 is 20.9 Å². The van der Waals surface area contributed by atoms with Crippen LogP contribution in [0.1, 0.15) is 10.4 Å². The topological polar surface area (TPSA) is 103 Å². The Kier molecular flexibility index (Phi) is 4.88. The monoisotopic (exact) mass is 329 g/mol. The molecule has 24 heavy (non-hydrogen) atoms. The number of nitrogens with one attached hydrogen (secondary N) is 1. The third-order valence-corrected chi connectivity index (χ3v) is 3.80. The van der Waals surface area contributed by atoms with Crippen molar-refractivity contribution in [3.8, 4) is 17.1 Å². The average molecular weight is 329 g/mol. The minimum atomic E-state index is -0.419. The van der Waals surface area contributed by atoms with E-state index in [1.807, 2.05) is 29.2 Å². The molecule has 0 spiro atoms. The van der Waals surface area contributed by atoms with Gasteiger partial charge in [0.05, 0.1) is 20.3 Å². The van der Waals surface area contributed by atoms with E-state index in [9.17, 15) is 4.79 Å². The summed E-state index contributed by atoms with van der Waals surface area (Å²) in [5.41, 5.74) is 3.32. The SMILES string of the molecule is COc1ccc(-c2ncc(C(=O)NN)c(N3CCOCC3)n2)cc1. The maximum atomic E-state index is 12.0. The second-order valence-corrected chi connectivity index (χ2v) is 5.23. The fourth-order valence-corrected chi connectivity index (χ4v) is 2.51. The molecule has 2 aromatic rings. The van der Waals surface area contributed by atoms with Gasteiger partial charge in [0, 0.05) is 24.8 Å². The molecule has 1 fully saturated rings. The van der Waals surface area contributed by atoms with Crippen LogP contribution in [0.3, 0.4) is 0 Å². The number of carbonyl (C=O) groups excluding carboxylic acids is 1. The van der Waals surface area contributed by atoms with Crippen LogP contribution in [-0.4, -0.2) is 49.3 Å². The maximum Gasteiger partial charge on any atom is 0.270 e. The third kappa shape index (κ3) is 3.29. The molecule has 0 bridgehead atoms. The van der Waals surface area contributed by atoms with E-state index < -0.39 is 5.91 Å². The van der Waals surface area contributed by atoms with Crippen molar-refractivity contribution < 1.29 is 14.3 Å². The van der Waals surface area contributed by atoms with Crippen LogP contribution in [0, 0.1) is 0 Å². The number of benzene rings is 1. The van der Waals surface area contributed by atoms with E-state index in [4.69, 9.17) is 15.3 Å². The first-order valence-electron chi connectivity index (χ1n) is 7.58. The molecule has 1 amide bonds. The molecule has 1 aliphatic rings. The van der Waals surface area contributed by atoms with Crippen LogP contribution in [-0.2, 0) is 4.74 Å². The molecule has 8 heteroatoms. The molecule has 0 aliphatic carbocycles. The summed E-state index contributed by atoms with van der Waals surface area (Å²) in [4.78, 5) is 22.9. The molecular formula is C16H19N5O3. The van der Waals surface area contributed by atoms with Gasteiger partial charge in [-0.3, -0.25) is 10.2 Å². The zero-order chi connectivity index (χ0) is 16.9. The van der Waals surface area contributed by atoms with Gasteiger partial charge in [-0.15, -0.1) is 0 Å². The predicted octanol–water partition coefficient (Wildman–Crippen LogP) is 0.592. The number of morpholine rings is 1. The van der Waals surface area contributed by atoms with E-state index in [1.165, 1.54) is 6.20 Å². The first-order valence-corrected chi connectivity index (χ1v) is 7.58. The summed E-state index contributed by atoms with van der Waals surface area (Å²) in [6, 6.07) is 7.43. The summed E-state index contributed by atoms with van der Waals surface area (Å²) in [5, 5.41) is 0. The van der Waals surface area contributed by atoms with Gasteiger partial charge in [-0.2, -0.15) is 0 Å². The number of nitrogen functional groups attached to an aromatic ring is 1. The quantitative estimate of drug-likeness (QED) is 0.481. The van der Waals surface area contributed by atoms with Crippen molar-refractivity contribution in [2.24, 2.45) is 5.84 Å². The average Bonchev–Trinajstić information content (AvgIpc) is 2.67. The Morgan fingerprint density at radius 2 is 2.00 bits per heavy atom. The van der Waals surface area contributed by atoms with Crippen LogP contribution in [0.4, 0.5) is 5.82 Å². The van der Waals surface area contributed by atoms with Gasteiger partial charge in [0.25, 0.3) is 5.91 Å². The highest BCUT2D eigenvalue weighted by molar-refractivity contribution is 5.98. The minimum absolute atomic E-state index is 0.344. The Hall–Kier alpha value is -2.71. The summed E-state index contributed by atoms with van der Waals surface area (Å²) >= 11 is 0. The first-order chi connectivity index (χ1) is 11.7. The summed E-state index contributed by atoms with van der Waals surface area (Å²) in [5.74, 6) is 6.70. The van der Waals surface area contributed by atoms with Crippen LogP contribution in [0.5, 0.6) is 5.75 Å². The van der Waals surface area contributed by atoms with E-state index in [1.54, 1.807) is 7.11 Å². The van der Waals surface area contributed by atoms with Gasteiger partial charge in [-0.1, -0.05) is 0 Å². The number of nitrogens with zero attached hydrogens (tertiary/aromatic N) is 3. The number of carbonyl (C=O) groups is 1. The molecular weight excluding hydrogens is 310 g/mol. The smallest absolute Gasteiger partial charge is 0.270 e. The van der Waals surface area contributed by atoms with Crippen LogP contribution in [0.15, 0.2) is 30.5 Å². The number of anilines is 1. The van der Waals surface area contributed by atoms with Crippen molar-refractivity contribution in [3.63, 3.8) is 0 Å². The molecule has 0 radical (unpaired) electrons. The highest BCUT2D eigenvalue weighted by atomic mass is 16.5. The second kappa shape index (κ2) is 7.24. The molecule has 0 atom stereocenters. The Balaban J connectivity index is 2.00. The fourth-order valence-electron chi connectivity index (χ4n) is 2.51. The Labute approximate surface area is 139 Å². The summed E-state index contributed by atoms with van der Waals surface area (Å²) in [7, 11) is 1.61. The van der Waals surface area contributed by atoms with Gasteiger partial charge in [-0.25, -0.2) is 15.8 Å². The molecule has 0 saturated carbocycles. The third-order valence-electron chi connectivity index (χ3n) is 3.80. The second-order valence-electron chi connectivity index (χ2n) is 5.23. The molecule has 8 nitrogen and oxygen atoms in total. The number of hydrogen-bond acceptors (Lipinski definition) is 7. The van der Waals surface area contributed by atoms with E-state index >= 15 is 0 Å². The van der Waals surface area contributed by atoms with E-state index in [-0.39, 0.29) is 0 Å². The van der Waals surface area contributed by atoms with Crippen molar-refractivity contribution in [3.05, 3.63) is 36.0 Å². The summed E-state index contributed by atoms with van der Waals surface area (Å²) in [6.45, 7) is 2.49. The van der Waals surface area contributed by atoms with Gasteiger partial charge >= 0.3 is 0 Å². The van der Waals surface area contributed by atoms with Gasteiger partial charge in [0.2, 0.25) is 0 Å². The summed E-state index contributed by atoms with van der Waals surface area (Å²) < 4.78 is 10.5. The van der Waals surface area contributed by atoms with Crippen molar-refractivity contribution in [2.75, 3.05) is 38.3 Å². The number of hydrazine groups is 1. The van der Waals surface area contributed by atoms with Gasteiger partial charge in [0.15, 0.2) is 5.82 Å². The van der Waals surface area contributed by atoms with Gasteiger partial charge in [-0.05, 0) is 24.3 Å². The molecule has 3 N–H and O–H groups in total. The van der Waals surface area contributed by atoms with Gasteiger partial charge in [0.1, 0.15) is 17.1 Å². The molecule has 1 saturated heterocycles. The maximum absolute atomic E-state index is 12.0. The van der Waals surface area contributed by atoms with Crippen LogP contribution >= 0.6 is 0 Å². The minimum Gasteiger partial charge on any atom is -0.497 e. The molecule has 0 unspecified atom stereocenters. The Bertz CT molecular complexity index is 714. The van der Waals surface area contributed by atoms with Crippen molar-refractivity contribution in [2.45, 2.75) is 0 Å². The zero-order valence-electron chi connectivity index (χ0n) is 13.4. The van der Waals surface area contributed by atoms with E-state index in [2.05, 4.69) is 15.4 Å². The highest BCUT2D eigenvalue weighted by Crippen LogP contribution is 2.24. The van der Waals surface area contributed by atoms with E-state index in [0.717, 1.165) is 11.3 Å². The lowest BCUT2D eigenvalue weighted by Crippen LogP contribution is -2.39. The summed E-state index contributed by atoms with van der Waals surface area (Å²) in [6.07, 6.45) is 1.50. The van der Waals surface area contributed by atoms with Crippen molar-refractivity contribution in [1.82, 2.24) is 15.4 Å². The Morgan fingerprint density at radius 1 is 1.29 bits per heavy atom. The molecule has 1 aliphatic heterocycles. The number of methoxy groups -OCH3 is 1. The number of nitrogens with two attached hydrogens (primary N) is 1. The van der Waals surface area contributed by atoms with Gasteiger partial charge < -0.3 is 14.4 Å². The van der Waals surface area contributed by atoms with Crippen molar-refractivity contribution >= 4 is 11.7 Å². The fraction of sp³-hybridized carbons (Fsp3) is 0.312. The number of aromatic nitrogens is 2. The largest absolute Gasteiger partial charge is 0.497 e. The zero-order valence-corrected chi connectivity index (χ0v) is 13.4. The lowest BCUT2D eigenvalue weighted by Gasteiger charge is -2.29. The first kappa shape index (κ1) is 16.2. The predicted molar refractivity (Wildman–Crippen MR) is 88.7 cm³/mol. The van der Waals surface area contributed by atoms with Crippen LogP contribution in [0.25, 0.3) is 11.4 Å². The number of amides is 1. The number of hydrogen-bond donors (Lipinski definition) is 2. The number of rotatable bonds is 4. The van der Waals surface area contributed by atoms with Crippen molar-refractivity contribution in [1.29, 1.82) is 0 Å². The molecule has 2 heterocycles. The molecule has 1 aromatic carbocycles. The highest BCUT2D eigenvalue weighted by Gasteiger charge is 2.21. The molecule has 3 rings (SSSR count). The Morgan fingerprint density at radius 3 is 2.62 bits per heavy atom. The normalized spacial score (nSPS) is 14.3. The van der Waals surface area contributed by atoms with Crippen LogP contribution in [0.2, 0.25) is 0 Å². The lowest BCUT2D eigenvalue weighted by molar-refractivity contribution is 0.0951. The lowest BCUT2D eigenvalue weighted by atomic mass is 10.2. The van der Waals surface area contributed by atoms with E-state index in [0.29, 0.717) is 43.5 Å². The molecule has 126 valence electrons. The number of ether oxygens (including phenoxy) is 2.